The predicted octanol–water partition coefficient (Wildman–Crippen LogP) is 13.2. The van der Waals surface area contributed by atoms with Gasteiger partial charge in [-0.05, 0) is 53.1 Å². The molecule has 0 spiro atoms. The predicted molar refractivity (Wildman–Crippen MR) is 229 cm³/mol. The highest BCUT2D eigenvalue weighted by atomic mass is 16.3. The van der Waals surface area contributed by atoms with Crippen LogP contribution in [0.15, 0.2) is 198 Å². The number of furan rings is 1. The molecule has 0 aliphatic heterocycles. The first-order valence-electron chi connectivity index (χ1n) is 20.9. The molecule has 0 aliphatic carbocycles. The molecular weight excluding hydrogens is 685 g/mol. The van der Waals surface area contributed by atoms with Crippen molar-refractivity contribution < 1.29 is 11.3 Å². The molecule has 0 saturated carbocycles. The molecule has 0 bridgehead atoms. The van der Waals surface area contributed by atoms with Crippen LogP contribution in [0.4, 0.5) is 0 Å². The molecule has 3 aromatic heterocycles. The first kappa shape index (κ1) is 27.0. The second-order valence-corrected chi connectivity index (χ2v) is 13.7. The number of rotatable bonds is 6. The highest BCUT2D eigenvalue weighted by Crippen LogP contribution is 2.42. The topological polar surface area (TPSA) is 56.7 Å². The Labute approximate surface area is 329 Å². The van der Waals surface area contributed by atoms with Gasteiger partial charge in [0.1, 0.15) is 11.2 Å². The van der Waals surface area contributed by atoms with Gasteiger partial charge in [0.2, 0.25) is 0 Å². The molecule has 11 aromatic rings. The van der Waals surface area contributed by atoms with Crippen molar-refractivity contribution in [1.82, 2.24) is 19.5 Å². The van der Waals surface area contributed by atoms with Gasteiger partial charge in [-0.1, -0.05) is 158 Å². The summed E-state index contributed by atoms with van der Waals surface area (Å²) in [6.45, 7) is 0. The van der Waals surface area contributed by atoms with Crippen molar-refractivity contribution in [3.63, 3.8) is 0 Å². The van der Waals surface area contributed by atoms with Crippen LogP contribution in [0.5, 0.6) is 0 Å². The number of para-hydroxylation sites is 1. The summed E-state index contributed by atoms with van der Waals surface area (Å²) in [6, 6.07) is 52.6. The Bertz CT molecular complexity index is 3450. The van der Waals surface area contributed by atoms with Crippen LogP contribution in [-0.2, 0) is 0 Å². The van der Waals surface area contributed by atoms with Crippen molar-refractivity contribution in [2.75, 3.05) is 0 Å². The summed E-state index contributed by atoms with van der Waals surface area (Å²) in [4.78, 5) is 14.8. The van der Waals surface area contributed by atoms with Crippen LogP contribution in [0.3, 0.4) is 0 Å². The molecule has 0 aliphatic rings. The van der Waals surface area contributed by atoms with E-state index in [1.807, 2.05) is 121 Å². The third kappa shape index (κ3) is 5.37. The number of fused-ring (bicyclic) bond motifs is 6. The summed E-state index contributed by atoms with van der Waals surface area (Å²) in [5, 5.41) is 3.82. The number of hydrogen-bond donors (Lipinski definition) is 0. The van der Waals surface area contributed by atoms with Crippen molar-refractivity contribution in [2.24, 2.45) is 0 Å². The van der Waals surface area contributed by atoms with Crippen molar-refractivity contribution in [3.8, 4) is 62.1 Å². The lowest BCUT2D eigenvalue weighted by atomic mass is 10.0. The lowest BCUT2D eigenvalue weighted by Gasteiger charge is -2.12. The van der Waals surface area contributed by atoms with E-state index in [1.165, 1.54) is 0 Å². The smallest absolute Gasteiger partial charge is 0.164 e. The Balaban J connectivity index is 1.14. The van der Waals surface area contributed by atoms with Crippen LogP contribution in [0.1, 0.15) is 6.85 Å². The maximum absolute atomic E-state index is 8.75. The molecule has 262 valence electrons. The van der Waals surface area contributed by atoms with Crippen molar-refractivity contribution in [3.05, 3.63) is 194 Å². The second-order valence-electron chi connectivity index (χ2n) is 13.7. The van der Waals surface area contributed by atoms with Gasteiger partial charge in [-0.25, -0.2) is 15.0 Å². The quantitative estimate of drug-likeness (QED) is 0.172. The minimum atomic E-state index is -0.419. The molecule has 5 nitrogen and oxygen atoms in total. The summed E-state index contributed by atoms with van der Waals surface area (Å²) in [7, 11) is 0. The minimum Gasteiger partial charge on any atom is -0.455 e. The average Bonchev–Trinajstić information content (AvgIpc) is 3.85. The highest BCUT2D eigenvalue weighted by Gasteiger charge is 2.20. The van der Waals surface area contributed by atoms with E-state index in [0.29, 0.717) is 28.6 Å². The van der Waals surface area contributed by atoms with Crippen LogP contribution in [-0.4, -0.2) is 19.5 Å². The van der Waals surface area contributed by atoms with Crippen molar-refractivity contribution in [2.45, 2.75) is 0 Å². The molecule has 0 fully saturated rings. The lowest BCUT2D eigenvalue weighted by molar-refractivity contribution is 0.670. The zero-order valence-corrected chi connectivity index (χ0v) is 29.8. The molecule has 0 saturated heterocycles. The van der Waals surface area contributed by atoms with Gasteiger partial charge in [-0.2, -0.15) is 0 Å². The fraction of sp³-hybridized carbons (Fsp3) is 0. The van der Waals surface area contributed by atoms with Crippen molar-refractivity contribution >= 4 is 43.7 Å². The van der Waals surface area contributed by atoms with Gasteiger partial charge in [-0.3, -0.25) is 0 Å². The van der Waals surface area contributed by atoms with Gasteiger partial charge in [0.25, 0.3) is 0 Å². The minimum absolute atomic E-state index is 0.159. The Hall–Kier alpha value is -7.63. The molecule has 8 aromatic carbocycles. The van der Waals surface area contributed by atoms with Crippen molar-refractivity contribution in [1.29, 1.82) is 0 Å². The van der Waals surface area contributed by atoms with E-state index in [4.69, 9.17) is 26.2 Å². The van der Waals surface area contributed by atoms with Crippen LogP contribution in [0.25, 0.3) is 106 Å². The van der Waals surface area contributed by atoms with Crippen LogP contribution in [0.2, 0.25) is 0 Å². The van der Waals surface area contributed by atoms with E-state index in [2.05, 4.69) is 47.0 Å². The van der Waals surface area contributed by atoms with E-state index in [9.17, 15) is 0 Å². The van der Waals surface area contributed by atoms with Gasteiger partial charge in [-0.15, -0.1) is 0 Å². The lowest BCUT2D eigenvalue weighted by Crippen LogP contribution is -2.00. The highest BCUT2D eigenvalue weighted by molar-refractivity contribution is 6.13. The zero-order valence-electron chi connectivity index (χ0n) is 34.8. The number of aromatic nitrogens is 4. The molecule has 0 radical (unpaired) electrons. The summed E-state index contributed by atoms with van der Waals surface area (Å²) in [6.07, 6.45) is 0. The molecule has 0 amide bonds. The maximum Gasteiger partial charge on any atom is 0.164 e. The number of nitrogens with zero attached hydrogens (tertiary/aromatic N) is 4. The standard InChI is InChI=1S/C51H32N4O/c1-5-15-33(16-6-1)37-25-27-41-40-23-13-14-24-45(40)55(46(41)29-37)39-31-43(34-17-7-2-8-18-34)48-44(32-39)42-28-26-38(30-47(42)56-48)51-53-49(35-19-9-3-10-20-35)52-50(54-51)36-21-11-4-12-22-36/h1-32H/i1D,5D,6D,15D,16D. The molecule has 3 heterocycles. The van der Waals surface area contributed by atoms with E-state index in [0.717, 1.165) is 71.7 Å². The Morgan fingerprint density at radius 2 is 0.982 bits per heavy atom. The average molecular weight is 722 g/mol. The Morgan fingerprint density at radius 1 is 0.411 bits per heavy atom. The summed E-state index contributed by atoms with van der Waals surface area (Å²) in [5.41, 5.74) is 9.20. The normalized spacial score (nSPS) is 12.8. The number of hydrogen-bond acceptors (Lipinski definition) is 4. The SMILES string of the molecule is [2H]c1c([2H])c([2H])c(-c2ccc3c4ccccc4n(-c4cc(-c5ccccc5)c5oc6cc(-c7nc(-c8ccccc8)nc(-c8ccccc8)n7)ccc6c5c4)c3c2)c([2H])c1[2H]. The Morgan fingerprint density at radius 3 is 1.68 bits per heavy atom. The first-order valence-corrected chi connectivity index (χ1v) is 18.4. The zero-order chi connectivity index (χ0) is 41.4. The fourth-order valence-corrected chi connectivity index (χ4v) is 7.70. The maximum atomic E-state index is 8.75. The first-order chi connectivity index (χ1) is 29.8. The molecule has 0 atom stereocenters. The van der Waals surface area contributed by atoms with Gasteiger partial charge < -0.3 is 8.98 Å². The van der Waals surface area contributed by atoms with Gasteiger partial charge in [0.05, 0.1) is 17.9 Å². The number of benzene rings is 8. The largest absolute Gasteiger partial charge is 0.455 e. The van der Waals surface area contributed by atoms with Crippen LogP contribution >= 0.6 is 0 Å². The molecular formula is C51H32N4O. The Kier molecular flexibility index (Phi) is 6.29. The van der Waals surface area contributed by atoms with E-state index in [1.54, 1.807) is 0 Å². The summed E-state index contributed by atoms with van der Waals surface area (Å²) >= 11 is 0. The van der Waals surface area contributed by atoms with Gasteiger partial charge in [0, 0.05) is 49.5 Å². The summed E-state index contributed by atoms with van der Waals surface area (Å²) < 4.78 is 51.4. The van der Waals surface area contributed by atoms with E-state index in [-0.39, 0.29) is 29.7 Å². The van der Waals surface area contributed by atoms with E-state index >= 15 is 0 Å². The third-order valence-corrected chi connectivity index (χ3v) is 10.3. The molecule has 5 heteroatoms. The second kappa shape index (κ2) is 13.0. The molecule has 0 N–H and O–H groups in total. The van der Waals surface area contributed by atoms with Crippen LogP contribution < -0.4 is 0 Å². The van der Waals surface area contributed by atoms with Crippen LogP contribution in [0, 0.1) is 0 Å². The molecule has 11 rings (SSSR count). The fourth-order valence-electron chi connectivity index (χ4n) is 7.70. The summed E-state index contributed by atoms with van der Waals surface area (Å²) in [5.74, 6) is 1.68. The third-order valence-electron chi connectivity index (χ3n) is 10.3. The van der Waals surface area contributed by atoms with Gasteiger partial charge in [0.15, 0.2) is 17.5 Å². The van der Waals surface area contributed by atoms with E-state index < -0.39 is 6.04 Å². The van der Waals surface area contributed by atoms with Gasteiger partial charge >= 0.3 is 0 Å². The monoisotopic (exact) mass is 721 g/mol. The molecule has 56 heavy (non-hydrogen) atoms. The molecule has 0 unspecified atom stereocenters.